The Labute approximate surface area is 708 Å². The summed E-state index contributed by atoms with van der Waals surface area (Å²) in [6, 6.07) is 33.6. The summed E-state index contributed by atoms with van der Waals surface area (Å²) in [7, 11) is 0. The summed E-state index contributed by atoms with van der Waals surface area (Å²) < 4.78 is 41.5. The molecular weight excluding hydrogens is 1580 g/mol. The molecule has 112 heavy (non-hydrogen) atoms. The Morgan fingerprint density at radius 2 is 0.804 bits per heavy atom. The van der Waals surface area contributed by atoms with E-state index in [1.807, 2.05) is 164 Å². The number of ketones is 5. The van der Waals surface area contributed by atoms with Gasteiger partial charge in [0.1, 0.15) is 46.4 Å². The largest absolute Gasteiger partial charge is 0.330 e. The predicted molar refractivity (Wildman–Crippen MR) is 465 cm³/mol. The number of hydrogen-bond acceptors (Lipinski definition) is 7. The van der Waals surface area contributed by atoms with Crippen molar-refractivity contribution in [1.29, 1.82) is 0 Å². The Morgan fingerprint density at radius 1 is 0.420 bits per heavy atom. The molecule has 10 atom stereocenters. The Morgan fingerprint density at radius 3 is 1.19 bits per heavy atom. The maximum absolute atomic E-state index is 14.1. The summed E-state index contributed by atoms with van der Waals surface area (Å²) in [6.07, 6.45) is 15.4. The van der Waals surface area contributed by atoms with Crippen LogP contribution in [0.4, 0.5) is 13.2 Å². The van der Waals surface area contributed by atoms with Crippen LogP contribution in [0.5, 0.6) is 0 Å². The molecule has 6 aromatic carbocycles. The van der Waals surface area contributed by atoms with Gasteiger partial charge < -0.3 is 11.5 Å². The Hall–Kier alpha value is -4.56. The second-order valence-electron chi connectivity index (χ2n) is 37.0. The number of nitrogens with two attached hydrogens (primary N) is 2. The zero-order valence-electron chi connectivity index (χ0n) is 68.9. The number of Topliss-reactive ketones (excluding diaryl/α,β-unsaturated/α-hetero) is 5. The normalized spacial score (nSPS) is 21.2. The summed E-state index contributed by atoms with van der Waals surface area (Å²) in [6.45, 7) is 38.3. The summed E-state index contributed by atoms with van der Waals surface area (Å²) >= 11 is 47.2. The van der Waals surface area contributed by atoms with Crippen LogP contribution < -0.4 is 11.5 Å². The van der Waals surface area contributed by atoms with Crippen LogP contribution >= 0.6 is 92.8 Å². The maximum Gasteiger partial charge on any atom is 0.143 e. The van der Waals surface area contributed by atoms with Crippen LogP contribution in [0.15, 0.2) is 127 Å². The fourth-order valence-corrected chi connectivity index (χ4v) is 17.4. The van der Waals surface area contributed by atoms with E-state index in [9.17, 15) is 37.1 Å². The number of halogens is 11. The molecule has 0 bridgehead atoms. The zero-order chi connectivity index (χ0) is 84.1. The van der Waals surface area contributed by atoms with Gasteiger partial charge in [-0.2, -0.15) is 0 Å². The third-order valence-electron chi connectivity index (χ3n) is 22.8. The fourth-order valence-electron chi connectivity index (χ4n) is 16.2. The number of carbonyl (C=O) groups excluding carboxylic acids is 5. The van der Waals surface area contributed by atoms with E-state index in [1.165, 1.54) is 29.8 Å². The van der Waals surface area contributed by atoms with Crippen LogP contribution in [0.3, 0.4) is 0 Å². The minimum absolute atomic E-state index is 0.00370. The van der Waals surface area contributed by atoms with Crippen molar-refractivity contribution < 1.29 is 37.1 Å². The highest BCUT2D eigenvalue weighted by atomic mass is 35.5. The van der Waals surface area contributed by atoms with Crippen molar-refractivity contribution in [2.24, 2.45) is 80.0 Å². The molecule has 0 aliphatic heterocycles. The third kappa shape index (κ3) is 27.3. The van der Waals surface area contributed by atoms with E-state index in [1.54, 1.807) is 24.3 Å². The lowest BCUT2D eigenvalue weighted by Gasteiger charge is -2.31. The van der Waals surface area contributed by atoms with Gasteiger partial charge >= 0.3 is 0 Å². The van der Waals surface area contributed by atoms with Crippen molar-refractivity contribution in [3.63, 3.8) is 0 Å². The molecule has 0 heterocycles. The van der Waals surface area contributed by atoms with E-state index in [4.69, 9.17) is 104 Å². The first-order valence-electron chi connectivity index (χ1n) is 39.8. The summed E-state index contributed by atoms with van der Waals surface area (Å²) in [5, 5.41) is 3.97. The number of benzene rings is 6. The van der Waals surface area contributed by atoms with Gasteiger partial charge in [0.2, 0.25) is 0 Å². The van der Waals surface area contributed by atoms with E-state index in [0.717, 1.165) is 123 Å². The molecule has 5 aliphatic carbocycles. The van der Waals surface area contributed by atoms with Gasteiger partial charge in [0.05, 0.1) is 25.1 Å². The molecule has 5 saturated carbocycles. The monoisotopic (exact) mass is 1690 g/mol. The van der Waals surface area contributed by atoms with Crippen molar-refractivity contribution in [1.82, 2.24) is 0 Å². The van der Waals surface area contributed by atoms with Crippen molar-refractivity contribution >= 4 is 122 Å². The SMILES string of the molecule is C=C([C@H]1CCC[C@@H]1c1ccc(Cl)cc1F)C(C)(C)C.CC(C)(C)C(=O)C(CN)Cc1ccc(Cl)c(F)c1.CC(C)(C)C(=O)C(Cc1ccc(Cl)cc1)C1(N)CC1.CC(C)(C)C(=O)[C@@H]1CCC[C@H]1c1ccc(Cl)c(Cl)c1.CC(C)(C)C(=O)[C@@H]1CCC[C@H]1c1ccc(Cl)cc1F.CC(C)C(=O)[C@H]1CCC[C@@H]1c1ccc(Cl)c(Cl)c1. The van der Waals surface area contributed by atoms with E-state index < -0.39 is 11.2 Å². The van der Waals surface area contributed by atoms with E-state index in [2.05, 4.69) is 27.4 Å². The number of allylic oxidation sites excluding steroid dienone is 1. The van der Waals surface area contributed by atoms with Crippen LogP contribution in [0.1, 0.15) is 265 Å². The lowest BCUT2D eigenvalue weighted by Crippen LogP contribution is -2.43. The topological polar surface area (TPSA) is 137 Å². The van der Waals surface area contributed by atoms with Crippen LogP contribution in [0.25, 0.3) is 0 Å². The van der Waals surface area contributed by atoms with Gasteiger partial charge in [0.25, 0.3) is 0 Å². The van der Waals surface area contributed by atoms with Gasteiger partial charge in [-0.15, -0.1) is 0 Å². The van der Waals surface area contributed by atoms with E-state index >= 15 is 0 Å². The molecule has 6 aromatic rings. The third-order valence-corrected chi connectivity index (χ3v) is 25.3. The molecule has 7 nitrogen and oxygen atoms in total. The van der Waals surface area contributed by atoms with Crippen molar-refractivity contribution in [2.75, 3.05) is 6.54 Å². The molecule has 2 unspecified atom stereocenters. The standard InChI is InChI=1S/C17H22ClF.C16H20Cl2O.C16H20ClFO.C16H22ClNO.C15H18Cl2O.C14H19ClFNO/c1-11(17(2,3)4)13-6-5-7-14(13)15-9-8-12(18)10-16(15)19;1-16(2,3)15(19)12-6-4-5-11(12)10-7-8-13(17)14(18)9-10;1-16(2,3)15(19)13-6-4-5-11(13)12-8-7-10(17)9-14(12)18;1-15(2,3)14(19)13(16(18)8-9-16)10-11-4-6-12(17)7-5-11;1-9(2)15(18)12-5-3-4-11(12)10-6-7-13(16)14(17)8-10;1-14(2,3)13(18)10(8-17)6-9-4-5-11(15)12(16)7-9/h8-10,13-14H,1,5-7H2,2-4H3;7-9,11-12H,4-6H2,1-3H3;7-9,11,13H,4-6H2,1-3H3;4-7,13H,8-10,18H2,1-3H3;6-9,11-12H,3-5H2,1-2H3;4-5,7,10H,6,8,17H2,1-3H3/t13-,14+;11-,12+;11-,13+;;11-,12+;/m100.1./s1. The highest BCUT2D eigenvalue weighted by molar-refractivity contribution is 6.42. The summed E-state index contributed by atoms with van der Waals surface area (Å²) in [5.41, 5.74) is 17.2. The lowest BCUT2D eigenvalue weighted by molar-refractivity contribution is -0.131. The number of carbonyl (C=O) groups is 5. The van der Waals surface area contributed by atoms with Crippen molar-refractivity contribution in [2.45, 2.75) is 250 Å². The van der Waals surface area contributed by atoms with Crippen LogP contribution in [-0.4, -0.2) is 41.0 Å². The molecule has 4 N–H and O–H groups in total. The molecular formula is C94H121Cl8F3N2O5. The lowest BCUT2D eigenvalue weighted by atomic mass is 9.74. The van der Waals surface area contributed by atoms with Gasteiger partial charge in [-0.3, -0.25) is 24.0 Å². The smallest absolute Gasteiger partial charge is 0.143 e. The molecule has 614 valence electrons. The van der Waals surface area contributed by atoms with Gasteiger partial charge in [-0.25, -0.2) is 13.2 Å². The van der Waals surface area contributed by atoms with Gasteiger partial charge in [-0.1, -0.05) is 291 Å². The minimum Gasteiger partial charge on any atom is -0.330 e. The molecule has 0 saturated heterocycles. The predicted octanol–water partition coefficient (Wildman–Crippen LogP) is 28.4. The van der Waals surface area contributed by atoms with Crippen LogP contribution in [-0.2, 0) is 36.8 Å². The second kappa shape index (κ2) is 41.2. The van der Waals surface area contributed by atoms with Gasteiger partial charge in [0.15, 0.2) is 0 Å². The van der Waals surface area contributed by atoms with E-state index in [-0.39, 0.29) is 115 Å². The number of hydrogen-bond donors (Lipinski definition) is 2. The van der Waals surface area contributed by atoms with Crippen molar-refractivity contribution in [3.05, 3.63) is 218 Å². The Balaban J connectivity index is 0.000000210. The average Bonchev–Trinajstić information content (AvgIpc) is 1.61. The molecule has 0 spiro atoms. The van der Waals surface area contributed by atoms with Gasteiger partial charge in [0, 0.05) is 84.3 Å². The minimum atomic E-state index is -0.465. The quantitative estimate of drug-likeness (QED) is 0.0868. The average molecular weight is 1700 g/mol. The first kappa shape index (κ1) is 96.3. The fraction of sp³-hybridized carbons (Fsp3) is 0.543. The Bertz CT molecular complexity index is 4120. The van der Waals surface area contributed by atoms with Crippen LogP contribution in [0, 0.1) is 86.0 Å². The van der Waals surface area contributed by atoms with E-state index in [0.29, 0.717) is 77.9 Å². The number of rotatable bonds is 17. The Kier molecular flexibility index (Phi) is 35.4. The molecule has 0 radical (unpaired) electrons. The maximum atomic E-state index is 14.1. The summed E-state index contributed by atoms with van der Waals surface area (Å²) in [5.74, 6) is 1.62. The molecule has 5 fully saturated rings. The zero-order valence-corrected chi connectivity index (χ0v) is 74.9. The van der Waals surface area contributed by atoms with Crippen LogP contribution in [0.2, 0.25) is 40.2 Å². The highest BCUT2D eigenvalue weighted by Gasteiger charge is 2.51. The van der Waals surface area contributed by atoms with Gasteiger partial charge in [-0.05, 0) is 218 Å². The molecule has 11 rings (SSSR count). The molecule has 0 amide bonds. The second-order valence-corrected chi connectivity index (χ2v) is 40.4. The molecule has 5 aliphatic rings. The highest BCUT2D eigenvalue weighted by Crippen LogP contribution is 2.51. The molecule has 0 aromatic heterocycles. The van der Waals surface area contributed by atoms with Crippen molar-refractivity contribution in [3.8, 4) is 0 Å². The summed E-state index contributed by atoms with van der Waals surface area (Å²) in [4.78, 5) is 62.0. The molecule has 18 heteroatoms. The first-order chi connectivity index (χ1) is 51.9. The first-order valence-corrected chi connectivity index (χ1v) is 42.8.